The fourth-order valence-corrected chi connectivity index (χ4v) is 2.15. The number of hydrogen-bond acceptors (Lipinski definition) is 4. The summed E-state index contributed by atoms with van der Waals surface area (Å²) in [6.07, 6.45) is 1.43. The third-order valence-electron chi connectivity index (χ3n) is 3.37. The highest BCUT2D eigenvalue weighted by molar-refractivity contribution is 5.84. The molecule has 0 aromatic heterocycles. The highest BCUT2D eigenvalue weighted by Gasteiger charge is 2.38. The lowest BCUT2D eigenvalue weighted by molar-refractivity contribution is -0.126. The van der Waals surface area contributed by atoms with Crippen molar-refractivity contribution in [3.05, 3.63) is 10.4 Å². The number of nitrogens with two attached hydrogens (primary N) is 1. The molecule has 3 N–H and O–H groups in total. The topological polar surface area (TPSA) is 107 Å². The van der Waals surface area contributed by atoms with Gasteiger partial charge in [-0.05, 0) is 24.9 Å². The third kappa shape index (κ3) is 3.59. The Kier molecular flexibility index (Phi) is 5.21. The zero-order valence-electron chi connectivity index (χ0n) is 10.2. The van der Waals surface area contributed by atoms with Gasteiger partial charge in [0.2, 0.25) is 5.91 Å². The molecule has 1 rings (SSSR count). The van der Waals surface area contributed by atoms with Gasteiger partial charge in [0, 0.05) is 31.1 Å². The largest absolute Gasteiger partial charge is 0.368 e. The van der Waals surface area contributed by atoms with Crippen molar-refractivity contribution in [3.63, 3.8) is 0 Å². The summed E-state index contributed by atoms with van der Waals surface area (Å²) in [4.78, 5) is 16.5. The van der Waals surface area contributed by atoms with Crippen LogP contribution in [0.3, 0.4) is 0 Å². The van der Waals surface area contributed by atoms with Crippen molar-refractivity contribution in [2.75, 3.05) is 32.7 Å². The Morgan fingerprint density at radius 1 is 1.59 bits per heavy atom. The van der Waals surface area contributed by atoms with Crippen molar-refractivity contribution in [1.82, 2.24) is 10.2 Å². The zero-order chi connectivity index (χ0) is 12.7. The van der Waals surface area contributed by atoms with Gasteiger partial charge < -0.3 is 16.0 Å². The number of nitrogens with zero attached hydrogens (tertiary/aromatic N) is 4. The molecule has 0 unspecified atom stereocenters. The van der Waals surface area contributed by atoms with Crippen LogP contribution in [0.25, 0.3) is 10.4 Å². The molecule has 0 atom stereocenters. The minimum Gasteiger partial charge on any atom is -0.368 e. The Balaban J connectivity index is 2.52. The van der Waals surface area contributed by atoms with E-state index in [2.05, 4.69) is 27.2 Å². The lowest BCUT2D eigenvalue weighted by atomic mass is 9.86. The fourth-order valence-electron chi connectivity index (χ4n) is 2.15. The maximum Gasteiger partial charge on any atom is 0.237 e. The van der Waals surface area contributed by atoms with Crippen molar-refractivity contribution in [2.24, 2.45) is 10.8 Å². The zero-order valence-corrected chi connectivity index (χ0v) is 10.2. The summed E-state index contributed by atoms with van der Waals surface area (Å²) in [6.45, 7) is 5.66. The molecule has 1 fully saturated rings. The Morgan fingerprint density at radius 2 is 2.24 bits per heavy atom. The summed E-state index contributed by atoms with van der Waals surface area (Å²) in [5.74, 6) is -0.311. The molecule has 1 saturated heterocycles. The predicted molar refractivity (Wildman–Crippen MR) is 65.3 cm³/mol. The first kappa shape index (κ1) is 13.8. The van der Waals surface area contributed by atoms with Crippen LogP contribution in [0.1, 0.15) is 19.8 Å². The summed E-state index contributed by atoms with van der Waals surface area (Å²) < 4.78 is 0. The van der Waals surface area contributed by atoms with Crippen molar-refractivity contribution in [3.8, 4) is 0 Å². The third-order valence-corrected chi connectivity index (χ3v) is 3.37. The van der Waals surface area contributed by atoms with Crippen LogP contribution in [0.5, 0.6) is 0 Å². The van der Waals surface area contributed by atoms with Gasteiger partial charge in [-0.3, -0.25) is 4.79 Å². The normalized spacial score (nSPS) is 19.6. The van der Waals surface area contributed by atoms with E-state index < -0.39 is 5.54 Å². The van der Waals surface area contributed by atoms with Gasteiger partial charge in [0.15, 0.2) is 0 Å². The second kappa shape index (κ2) is 6.44. The number of likely N-dealkylation sites (tertiary alicyclic amines) is 1. The van der Waals surface area contributed by atoms with Crippen LogP contribution in [-0.4, -0.2) is 49.1 Å². The molecule has 1 heterocycles. The van der Waals surface area contributed by atoms with Gasteiger partial charge in [0.25, 0.3) is 0 Å². The van der Waals surface area contributed by atoms with E-state index in [1.54, 1.807) is 0 Å². The number of hydrogen-bond donors (Lipinski definition) is 2. The standard InChI is InChI=1S/C10H20N6O/c1-2-16-7-3-10(4-8-16,9(11)17)13-5-6-14-15-12/h13H,2-8H2,1H3,(H2,11,17). The molecule has 0 aliphatic carbocycles. The Bertz CT molecular complexity index is 304. The molecule has 0 spiro atoms. The number of carbonyl (C=O) groups is 1. The van der Waals surface area contributed by atoms with Crippen LogP contribution < -0.4 is 11.1 Å². The van der Waals surface area contributed by atoms with Crippen molar-refractivity contribution >= 4 is 5.91 Å². The molecule has 0 aromatic carbocycles. The van der Waals surface area contributed by atoms with E-state index in [-0.39, 0.29) is 5.91 Å². The fraction of sp³-hybridized carbons (Fsp3) is 0.900. The van der Waals surface area contributed by atoms with E-state index in [0.29, 0.717) is 25.9 Å². The highest BCUT2D eigenvalue weighted by Crippen LogP contribution is 2.21. The SMILES string of the molecule is CCN1CCC(NCCN=[N+]=[N-])(C(N)=O)CC1. The predicted octanol–water partition coefficient (Wildman–Crippen LogP) is 0.226. The smallest absolute Gasteiger partial charge is 0.237 e. The number of carbonyl (C=O) groups excluding carboxylic acids is 1. The van der Waals surface area contributed by atoms with E-state index in [9.17, 15) is 4.79 Å². The first-order chi connectivity index (χ1) is 8.14. The monoisotopic (exact) mass is 240 g/mol. The summed E-state index contributed by atoms with van der Waals surface area (Å²) in [5.41, 5.74) is 13.0. The van der Waals surface area contributed by atoms with E-state index in [1.807, 2.05) is 0 Å². The van der Waals surface area contributed by atoms with Crippen LogP contribution >= 0.6 is 0 Å². The Hall–Kier alpha value is -1.30. The highest BCUT2D eigenvalue weighted by atomic mass is 16.1. The number of rotatable bonds is 6. The molecule has 1 amide bonds. The molecular weight excluding hydrogens is 220 g/mol. The summed E-state index contributed by atoms with van der Waals surface area (Å²) in [5, 5.41) is 6.58. The molecule has 0 saturated carbocycles. The lowest BCUT2D eigenvalue weighted by Gasteiger charge is -2.39. The molecule has 0 bridgehead atoms. The minimum atomic E-state index is -0.628. The van der Waals surface area contributed by atoms with Crippen molar-refractivity contribution < 1.29 is 4.79 Å². The van der Waals surface area contributed by atoms with Gasteiger partial charge in [0.1, 0.15) is 5.54 Å². The molecule has 7 heteroatoms. The second-order valence-corrected chi connectivity index (χ2v) is 4.26. The minimum absolute atomic E-state index is 0.311. The Morgan fingerprint density at radius 3 is 2.71 bits per heavy atom. The molecule has 1 aliphatic heterocycles. The van der Waals surface area contributed by atoms with Gasteiger partial charge >= 0.3 is 0 Å². The molecular formula is C10H20N6O. The van der Waals surface area contributed by atoms with E-state index in [0.717, 1.165) is 19.6 Å². The number of piperidine rings is 1. The van der Waals surface area contributed by atoms with Crippen molar-refractivity contribution in [2.45, 2.75) is 25.3 Å². The molecule has 96 valence electrons. The Labute approximate surface area is 101 Å². The van der Waals surface area contributed by atoms with Gasteiger partial charge in [0.05, 0.1) is 0 Å². The second-order valence-electron chi connectivity index (χ2n) is 4.26. The maximum atomic E-state index is 11.6. The van der Waals surface area contributed by atoms with Crippen LogP contribution in [0.2, 0.25) is 0 Å². The first-order valence-electron chi connectivity index (χ1n) is 5.93. The van der Waals surface area contributed by atoms with Gasteiger partial charge in [-0.25, -0.2) is 0 Å². The lowest BCUT2D eigenvalue weighted by Crippen LogP contribution is -2.61. The molecule has 1 aliphatic rings. The van der Waals surface area contributed by atoms with Crippen LogP contribution in [0.15, 0.2) is 5.11 Å². The molecule has 0 radical (unpaired) electrons. The van der Waals surface area contributed by atoms with E-state index in [1.165, 1.54) is 0 Å². The van der Waals surface area contributed by atoms with Crippen LogP contribution in [-0.2, 0) is 4.79 Å². The summed E-state index contributed by atoms with van der Waals surface area (Å²) in [6, 6.07) is 0. The first-order valence-corrected chi connectivity index (χ1v) is 5.93. The quantitative estimate of drug-likeness (QED) is 0.300. The van der Waals surface area contributed by atoms with Gasteiger partial charge in [-0.1, -0.05) is 12.0 Å². The van der Waals surface area contributed by atoms with Gasteiger partial charge in [-0.2, -0.15) is 0 Å². The number of amides is 1. The summed E-state index contributed by atoms with van der Waals surface area (Å²) >= 11 is 0. The van der Waals surface area contributed by atoms with E-state index in [4.69, 9.17) is 11.3 Å². The molecule has 0 aromatic rings. The number of azide groups is 1. The number of nitrogens with one attached hydrogen (secondary N) is 1. The van der Waals surface area contributed by atoms with Crippen molar-refractivity contribution in [1.29, 1.82) is 0 Å². The van der Waals surface area contributed by atoms with Crippen LogP contribution in [0.4, 0.5) is 0 Å². The maximum absolute atomic E-state index is 11.6. The number of primary amides is 1. The average Bonchev–Trinajstić information content (AvgIpc) is 2.35. The van der Waals surface area contributed by atoms with E-state index >= 15 is 0 Å². The van der Waals surface area contributed by atoms with Gasteiger partial charge in [-0.15, -0.1) is 0 Å². The average molecular weight is 240 g/mol. The summed E-state index contributed by atoms with van der Waals surface area (Å²) in [7, 11) is 0. The molecule has 17 heavy (non-hydrogen) atoms. The van der Waals surface area contributed by atoms with Crippen LogP contribution in [0, 0.1) is 0 Å². The molecule has 7 nitrogen and oxygen atoms in total.